The minimum Gasteiger partial charge on any atom is -0.372 e. The van der Waals surface area contributed by atoms with Crippen molar-refractivity contribution in [3.63, 3.8) is 0 Å². The highest BCUT2D eigenvalue weighted by Gasteiger charge is 2.60. The number of amidine groups is 1. The van der Waals surface area contributed by atoms with Gasteiger partial charge in [0.15, 0.2) is 0 Å². The molecule has 1 aliphatic heterocycles. The predicted octanol–water partition coefficient (Wildman–Crippen LogP) is 10.6. The molecule has 3 fully saturated rings. The number of rotatable bonds is 7. The molecule has 3 saturated carbocycles. The van der Waals surface area contributed by atoms with E-state index in [0.29, 0.717) is 11.8 Å². The monoisotopic (exact) mass is 610 g/mol. The Balaban J connectivity index is 1.72. The molecule has 2 nitrogen and oxygen atoms in total. The van der Waals surface area contributed by atoms with E-state index in [9.17, 15) is 0 Å². The van der Waals surface area contributed by atoms with E-state index in [2.05, 4.69) is 96.8 Å². The molecule has 238 valence electrons. The lowest BCUT2D eigenvalue weighted by Crippen LogP contribution is -2.37. The molecule has 0 bridgehead atoms. The molecule has 0 aromatic heterocycles. The molecule has 1 heterocycles. The van der Waals surface area contributed by atoms with Crippen molar-refractivity contribution in [1.29, 1.82) is 0 Å². The van der Waals surface area contributed by atoms with Gasteiger partial charge in [-0.05, 0) is 145 Å². The van der Waals surface area contributed by atoms with Crippen molar-refractivity contribution in [3.8, 4) is 0 Å². The van der Waals surface area contributed by atoms with E-state index in [4.69, 9.17) is 4.99 Å². The Morgan fingerprint density at radius 2 is 1.25 bits per heavy atom. The van der Waals surface area contributed by atoms with Gasteiger partial charge < -0.3 is 5.32 Å². The van der Waals surface area contributed by atoms with Gasteiger partial charge in [0.05, 0.1) is 6.54 Å². The van der Waals surface area contributed by atoms with E-state index in [0.717, 1.165) is 24.4 Å². The van der Waals surface area contributed by atoms with Gasteiger partial charge in [-0.25, -0.2) is 0 Å². The Kier molecular flexibility index (Phi) is 9.16. The van der Waals surface area contributed by atoms with Crippen molar-refractivity contribution in [3.05, 3.63) is 80.4 Å². The molecule has 2 aromatic carbocycles. The highest BCUT2D eigenvalue weighted by Crippen LogP contribution is 2.81. The first-order chi connectivity index (χ1) is 21.1. The molecule has 6 rings (SSSR count). The fraction of sp³-hybridized carbons (Fsp3) is 0.610. The zero-order valence-corrected chi connectivity index (χ0v) is 30.0. The summed E-state index contributed by atoms with van der Waals surface area (Å²) in [5.74, 6) is 5.21. The van der Waals surface area contributed by atoms with E-state index in [1.165, 1.54) is 97.9 Å². The van der Waals surface area contributed by atoms with E-state index < -0.39 is 6.89 Å². The summed E-state index contributed by atoms with van der Waals surface area (Å²) in [6.07, 6.45) is 16.5. The molecule has 3 unspecified atom stereocenters. The standard InChI is InChI=1S/C41H59N2P/c1-27(2)17-20-44(34-13-9-10-14-34,35-15-11-12-16-35)41(39-32(7)23-29(4)24-33(39)8)25-36(37(26-41)40-42-18-19-43-40)38-30(5)21-28(3)22-31(38)6/h17,20-24,34-37H,9-16,18-19,25-26H2,1-8H3,(H,42,43). The van der Waals surface area contributed by atoms with E-state index in [1.807, 2.05) is 0 Å². The van der Waals surface area contributed by atoms with Crippen LogP contribution in [0.25, 0.3) is 0 Å². The van der Waals surface area contributed by atoms with Crippen LogP contribution in [0.4, 0.5) is 0 Å². The van der Waals surface area contributed by atoms with Gasteiger partial charge in [0.25, 0.3) is 0 Å². The third-order valence-corrected chi connectivity index (χ3v) is 18.3. The average Bonchev–Trinajstić information content (AvgIpc) is 3.77. The molecule has 3 atom stereocenters. The van der Waals surface area contributed by atoms with Crippen LogP contribution in [-0.2, 0) is 5.16 Å². The van der Waals surface area contributed by atoms with Crippen molar-refractivity contribution in [1.82, 2.24) is 5.32 Å². The molecule has 0 saturated heterocycles. The molecule has 3 aliphatic carbocycles. The number of nitrogens with one attached hydrogen (secondary N) is 1. The number of allylic oxidation sites excluding steroid dienone is 2. The second-order valence-corrected chi connectivity index (χ2v) is 19.8. The molecule has 0 amide bonds. The van der Waals surface area contributed by atoms with Crippen molar-refractivity contribution < 1.29 is 0 Å². The topological polar surface area (TPSA) is 24.4 Å². The first-order valence-corrected chi connectivity index (χ1v) is 19.9. The fourth-order valence-corrected chi connectivity index (χ4v) is 18.6. The van der Waals surface area contributed by atoms with E-state index in [-0.39, 0.29) is 5.16 Å². The molecular formula is C41H59N2P. The molecule has 4 aliphatic rings. The minimum absolute atomic E-state index is 0.163. The van der Waals surface area contributed by atoms with Crippen LogP contribution in [0.1, 0.15) is 128 Å². The third kappa shape index (κ3) is 5.40. The zero-order valence-electron chi connectivity index (χ0n) is 29.2. The Morgan fingerprint density at radius 1 is 0.750 bits per heavy atom. The van der Waals surface area contributed by atoms with Crippen LogP contribution >= 0.6 is 6.89 Å². The van der Waals surface area contributed by atoms with Gasteiger partial charge in [0.1, 0.15) is 5.84 Å². The summed E-state index contributed by atoms with van der Waals surface area (Å²) in [6.45, 7) is 19.2. The van der Waals surface area contributed by atoms with E-state index in [1.54, 1.807) is 22.3 Å². The summed E-state index contributed by atoms with van der Waals surface area (Å²) in [4.78, 5) is 5.24. The summed E-state index contributed by atoms with van der Waals surface area (Å²) in [6, 6.07) is 9.96. The maximum Gasteiger partial charge on any atom is 0.100 e. The quantitative estimate of drug-likeness (QED) is 0.310. The maximum absolute atomic E-state index is 5.24. The normalized spacial score (nSPS) is 26.2. The lowest BCUT2D eigenvalue weighted by atomic mass is 9.82. The van der Waals surface area contributed by atoms with E-state index >= 15 is 0 Å². The minimum atomic E-state index is -1.67. The highest BCUT2D eigenvalue weighted by molar-refractivity contribution is 7.77. The lowest BCUT2D eigenvalue weighted by molar-refractivity contribution is 0.582. The van der Waals surface area contributed by atoms with Crippen LogP contribution in [0.15, 0.2) is 40.9 Å². The number of nitrogens with zero attached hydrogens (tertiary/aromatic N) is 1. The summed E-state index contributed by atoms with van der Waals surface area (Å²) in [7, 11) is 0. The van der Waals surface area contributed by atoms with Crippen molar-refractivity contribution >= 4 is 18.5 Å². The molecule has 2 aromatic rings. The lowest BCUT2D eigenvalue weighted by Gasteiger charge is -2.53. The molecule has 0 radical (unpaired) electrons. The molecule has 3 heteroatoms. The molecule has 44 heavy (non-hydrogen) atoms. The summed E-state index contributed by atoms with van der Waals surface area (Å²) >= 11 is 0. The zero-order chi connectivity index (χ0) is 31.2. The summed E-state index contributed by atoms with van der Waals surface area (Å²) in [5.41, 5.74) is 15.4. The van der Waals surface area contributed by atoms with Crippen LogP contribution in [0, 0.1) is 47.5 Å². The number of aliphatic imine (C=N–C) groups is 1. The average molecular weight is 611 g/mol. The first-order valence-electron chi connectivity index (χ1n) is 17.9. The highest BCUT2D eigenvalue weighted by atomic mass is 31.2. The van der Waals surface area contributed by atoms with Crippen LogP contribution < -0.4 is 5.32 Å². The SMILES string of the molecule is CC(C)=CC=P(C1CCCC1)(C1CCCC1)C1(c2c(C)cc(C)cc2C)CC(C2=NCCN2)C(c2c(C)cc(C)cc2C)C1. The predicted molar refractivity (Wildman–Crippen MR) is 196 cm³/mol. The van der Waals surface area contributed by atoms with Crippen molar-refractivity contribution in [2.75, 3.05) is 13.1 Å². The summed E-state index contributed by atoms with van der Waals surface area (Å²) < 4.78 is 0. The Hall–Kier alpha value is -2.05. The van der Waals surface area contributed by atoms with Gasteiger partial charge >= 0.3 is 0 Å². The largest absolute Gasteiger partial charge is 0.372 e. The van der Waals surface area contributed by atoms with Gasteiger partial charge in [-0.15, -0.1) is 0 Å². The Morgan fingerprint density at radius 3 is 1.73 bits per heavy atom. The van der Waals surface area contributed by atoms with Gasteiger partial charge in [-0.3, -0.25) is 4.99 Å². The van der Waals surface area contributed by atoms with Gasteiger partial charge in [0, 0.05) is 17.6 Å². The maximum atomic E-state index is 5.24. The van der Waals surface area contributed by atoms with Crippen molar-refractivity contribution in [2.45, 2.75) is 142 Å². The van der Waals surface area contributed by atoms with Crippen LogP contribution in [0.3, 0.4) is 0 Å². The van der Waals surface area contributed by atoms with Crippen molar-refractivity contribution in [2.24, 2.45) is 10.9 Å². The smallest absolute Gasteiger partial charge is 0.100 e. The first kappa shape index (κ1) is 31.9. The third-order valence-electron chi connectivity index (χ3n) is 12.2. The van der Waals surface area contributed by atoms with Gasteiger partial charge in [0.2, 0.25) is 0 Å². The molecule has 1 N–H and O–H groups in total. The Bertz CT molecular complexity index is 1440. The van der Waals surface area contributed by atoms with Crippen LogP contribution in [0.5, 0.6) is 0 Å². The van der Waals surface area contributed by atoms with Crippen LogP contribution in [-0.4, -0.2) is 36.0 Å². The molecular weight excluding hydrogens is 551 g/mol. The van der Waals surface area contributed by atoms with Gasteiger partial charge in [-0.2, -0.15) is 0 Å². The van der Waals surface area contributed by atoms with Crippen LogP contribution in [0.2, 0.25) is 0 Å². The Labute approximate surface area is 269 Å². The fourth-order valence-electron chi connectivity index (χ4n) is 11.1. The number of hydrogen-bond acceptors (Lipinski definition) is 2. The second kappa shape index (κ2) is 12.6. The number of aryl methyl sites for hydroxylation is 6. The summed E-state index contributed by atoms with van der Waals surface area (Å²) in [5, 5.41) is 4.02. The molecule has 0 spiro atoms. The number of hydrogen-bond donors (Lipinski definition) is 1. The van der Waals surface area contributed by atoms with Gasteiger partial charge in [-0.1, -0.05) is 85.4 Å². The second-order valence-electron chi connectivity index (χ2n) is 15.5. The number of benzene rings is 2.